The number of halogens is 2. The second kappa shape index (κ2) is 7.07. The van der Waals surface area contributed by atoms with Gasteiger partial charge < -0.3 is 4.57 Å². The van der Waals surface area contributed by atoms with Crippen molar-refractivity contribution in [2.75, 3.05) is 0 Å². The lowest BCUT2D eigenvalue weighted by Crippen LogP contribution is -2.14. The van der Waals surface area contributed by atoms with E-state index in [0.29, 0.717) is 5.02 Å². The fraction of sp³-hybridized carbons (Fsp3) is 0.286. The molecule has 0 radical (unpaired) electrons. The number of hydrogen-bond donors (Lipinski definition) is 0. The van der Waals surface area contributed by atoms with Crippen molar-refractivity contribution in [3.05, 3.63) is 44.7 Å². The number of Topliss-reactive ketones (excluding diaryl/α,β-unsaturated/α-hetero) is 1. The van der Waals surface area contributed by atoms with Gasteiger partial charge in [0.15, 0.2) is 10.6 Å². The third-order valence-corrected chi connectivity index (χ3v) is 4.38. The summed E-state index contributed by atoms with van der Waals surface area (Å²) >= 11 is 7.29. The standard InChI is InChI=1S/C14H15ClN2OS.ClH/c1-4-17-9(2)13(10(3)18)19-14(17)16-12-7-5-11(15)6-8-12;/h5-8H,4H2,1-3H3;1H. The zero-order valence-corrected chi connectivity index (χ0v) is 13.9. The maximum atomic E-state index is 11.6. The average Bonchev–Trinajstić information content (AvgIpc) is 2.68. The van der Waals surface area contributed by atoms with Gasteiger partial charge in [-0.25, -0.2) is 4.99 Å². The van der Waals surface area contributed by atoms with Crippen LogP contribution < -0.4 is 4.80 Å². The summed E-state index contributed by atoms with van der Waals surface area (Å²) in [6.45, 7) is 6.38. The quantitative estimate of drug-likeness (QED) is 0.768. The normalized spacial score (nSPS) is 11.3. The van der Waals surface area contributed by atoms with E-state index in [-0.39, 0.29) is 18.2 Å². The second-order valence-electron chi connectivity index (χ2n) is 4.19. The summed E-state index contributed by atoms with van der Waals surface area (Å²) in [4.78, 5) is 17.8. The maximum absolute atomic E-state index is 11.6. The van der Waals surface area contributed by atoms with Gasteiger partial charge in [0.25, 0.3) is 0 Å². The van der Waals surface area contributed by atoms with Gasteiger partial charge in [-0.05, 0) is 38.1 Å². The molecule has 0 spiro atoms. The van der Waals surface area contributed by atoms with E-state index in [0.717, 1.165) is 27.6 Å². The minimum Gasteiger partial charge on any atom is -0.321 e. The molecule has 0 aliphatic heterocycles. The van der Waals surface area contributed by atoms with Crippen LogP contribution in [0, 0.1) is 6.92 Å². The van der Waals surface area contributed by atoms with Gasteiger partial charge in [-0.3, -0.25) is 4.79 Å². The van der Waals surface area contributed by atoms with Crippen LogP contribution in [0.15, 0.2) is 29.3 Å². The minimum absolute atomic E-state index is 0. The first-order valence-electron chi connectivity index (χ1n) is 6.04. The van der Waals surface area contributed by atoms with Crippen LogP contribution in [0.2, 0.25) is 5.02 Å². The SMILES string of the molecule is CCn1c(C)c(C(C)=O)sc1=Nc1ccc(Cl)cc1.Cl. The fourth-order valence-electron chi connectivity index (χ4n) is 1.89. The number of thiazole rings is 1. The highest BCUT2D eigenvalue weighted by atomic mass is 35.5. The van der Waals surface area contributed by atoms with Crippen molar-refractivity contribution in [1.82, 2.24) is 4.57 Å². The van der Waals surface area contributed by atoms with Crippen LogP contribution in [0.5, 0.6) is 0 Å². The molecule has 6 heteroatoms. The molecule has 3 nitrogen and oxygen atoms in total. The monoisotopic (exact) mass is 330 g/mol. The van der Waals surface area contributed by atoms with Gasteiger partial charge in [0.2, 0.25) is 0 Å². The van der Waals surface area contributed by atoms with E-state index in [1.54, 1.807) is 6.92 Å². The van der Waals surface area contributed by atoms with E-state index >= 15 is 0 Å². The first kappa shape index (κ1) is 17.0. The van der Waals surface area contributed by atoms with E-state index < -0.39 is 0 Å². The van der Waals surface area contributed by atoms with Crippen LogP contribution in [-0.2, 0) is 6.54 Å². The molecule has 0 amide bonds. The van der Waals surface area contributed by atoms with Gasteiger partial charge in [0, 0.05) is 24.2 Å². The molecule has 0 N–H and O–H groups in total. The van der Waals surface area contributed by atoms with E-state index in [9.17, 15) is 4.79 Å². The lowest BCUT2D eigenvalue weighted by molar-refractivity contribution is 0.102. The molecule has 108 valence electrons. The molecule has 1 aromatic carbocycles. The third-order valence-electron chi connectivity index (χ3n) is 2.85. The van der Waals surface area contributed by atoms with Crippen LogP contribution in [0.3, 0.4) is 0 Å². The molecule has 20 heavy (non-hydrogen) atoms. The first-order valence-corrected chi connectivity index (χ1v) is 7.23. The van der Waals surface area contributed by atoms with Crippen molar-refractivity contribution >= 4 is 46.8 Å². The van der Waals surface area contributed by atoms with Gasteiger partial charge in [0.05, 0.1) is 10.6 Å². The number of aromatic nitrogens is 1. The van der Waals surface area contributed by atoms with Crippen molar-refractivity contribution in [3.63, 3.8) is 0 Å². The van der Waals surface area contributed by atoms with E-state index in [1.165, 1.54) is 11.3 Å². The smallest absolute Gasteiger partial charge is 0.190 e. The van der Waals surface area contributed by atoms with Crippen LogP contribution in [0.25, 0.3) is 0 Å². The molecule has 0 saturated carbocycles. The number of carbonyl (C=O) groups excluding carboxylic acids is 1. The predicted molar refractivity (Wildman–Crippen MR) is 86.6 cm³/mol. The van der Waals surface area contributed by atoms with Gasteiger partial charge in [-0.15, -0.1) is 12.4 Å². The van der Waals surface area contributed by atoms with Gasteiger partial charge in [-0.2, -0.15) is 0 Å². The molecule has 2 rings (SSSR count). The molecule has 1 aromatic heterocycles. The summed E-state index contributed by atoms with van der Waals surface area (Å²) in [5.41, 5.74) is 1.82. The number of carbonyl (C=O) groups is 1. The zero-order valence-electron chi connectivity index (χ0n) is 11.5. The number of benzene rings is 1. The highest BCUT2D eigenvalue weighted by Crippen LogP contribution is 2.17. The van der Waals surface area contributed by atoms with Gasteiger partial charge in [0.1, 0.15) is 0 Å². The highest BCUT2D eigenvalue weighted by molar-refractivity contribution is 7.11. The molecule has 1 heterocycles. The third kappa shape index (κ3) is 3.51. The molecule has 0 bridgehead atoms. The Labute approximate surface area is 133 Å². The Bertz CT molecular complexity index is 671. The molecular formula is C14H16Cl2N2OS. The summed E-state index contributed by atoms with van der Waals surface area (Å²) in [6.07, 6.45) is 0. The van der Waals surface area contributed by atoms with Crippen molar-refractivity contribution < 1.29 is 4.79 Å². The number of hydrogen-bond acceptors (Lipinski definition) is 3. The van der Waals surface area contributed by atoms with Crippen LogP contribution in [0.1, 0.15) is 29.2 Å². The average molecular weight is 331 g/mol. The first-order chi connectivity index (χ1) is 9.02. The fourth-order valence-corrected chi connectivity index (χ4v) is 3.13. The Morgan fingerprint density at radius 1 is 1.35 bits per heavy atom. The predicted octanol–water partition coefficient (Wildman–Crippen LogP) is 4.39. The topological polar surface area (TPSA) is 34.4 Å². The van der Waals surface area contributed by atoms with Crippen molar-refractivity contribution in [2.24, 2.45) is 4.99 Å². The van der Waals surface area contributed by atoms with Crippen LogP contribution >= 0.6 is 35.3 Å². The summed E-state index contributed by atoms with van der Waals surface area (Å²) in [5.74, 6) is 0.0854. The summed E-state index contributed by atoms with van der Waals surface area (Å²) in [5, 5.41) is 0.689. The lowest BCUT2D eigenvalue weighted by atomic mass is 10.3. The maximum Gasteiger partial charge on any atom is 0.190 e. The van der Waals surface area contributed by atoms with E-state index in [2.05, 4.69) is 9.56 Å². The lowest BCUT2D eigenvalue weighted by Gasteiger charge is -2.01. The number of ketones is 1. The van der Waals surface area contributed by atoms with E-state index in [4.69, 9.17) is 11.6 Å². The summed E-state index contributed by atoms with van der Waals surface area (Å²) in [7, 11) is 0. The Balaban J connectivity index is 0.00000200. The minimum atomic E-state index is 0. The zero-order chi connectivity index (χ0) is 14.0. The molecule has 0 unspecified atom stereocenters. The molecule has 0 aliphatic rings. The number of nitrogens with zero attached hydrogens (tertiary/aromatic N) is 2. The molecule has 0 atom stereocenters. The van der Waals surface area contributed by atoms with E-state index in [1.807, 2.05) is 38.1 Å². The van der Waals surface area contributed by atoms with Crippen molar-refractivity contribution in [2.45, 2.75) is 27.3 Å². The van der Waals surface area contributed by atoms with Gasteiger partial charge >= 0.3 is 0 Å². The summed E-state index contributed by atoms with van der Waals surface area (Å²) < 4.78 is 2.05. The molecular weight excluding hydrogens is 315 g/mol. The molecule has 2 aromatic rings. The Morgan fingerprint density at radius 2 is 1.95 bits per heavy atom. The highest BCUT2D eigenvalue weighted by Gasteiger charge is 2.12. The number of rotatable bonds is 3. The Kier molecular flexibility index (Phi) is 5.99. The van der Waals surface area contributed by atoms with Gasteiger partial charge in [-0.1, -0.05) is 22.9 Å². The second-order valence-corrected chi connectivity index (χ2v) is 5.60. The van der Waals surface area contributed by atoms with Crippen LogP contribution in [-0.4, -0.2) is 10.4 Å². The van der Waals surface area contributed by atoms with Crippen LogP contribution in [0.4, 0.5) is 5.69 Å². The molecule has 0 saturated heterocycles. The summed E-state index contributed by atoms with van der Waals surface area (Å²) in [6, 6.07) is 7.35. The molecule has 0 aliphatic carbocycles. The van der Waals surface area contributed by atoms with Crippen molar-refractivity contribution in [1.29, 1.82) is 0 Å². The molecule has 0 fully saturated rings. The Hall–Kier alpha value is -1.10. The largest absolute Gasteiger partial charge is 0.321 e. The van der Waals surface area contributed by atoms with Crippen molar-refractivity contribution in [3.8, 4) is 0 Å². The Morgan fingerprint density at radius 3 is 2.45 bits per heavy atom.